The van der Waals surface area contributed by atoms with Gasteiger partial charge in [-0.25, -0.2) is 9.67 Å². The zero-order chi connectivity index (χ0) is 7.23. The minimum Gasteiger partial charge on any atom is -0.243 e. The van der Waals surface area contributed by atoms with Gasteiger partial charge in [0.25, 0.3) is 0 Å². The molecule has 1 aromatic heterocycles. The molecule has 0 aromatic carbocycles. The summed E-state index contributed by atoms with van der Waals surface area (Å²) >= 11 is 1.87. The van der Waals surface area contributed by atoms with Crippen LogP contribution in [0.1, 0.15) is 13.3 Å². The topological polar surface area (TPSA) is 30.7 Å². The van der Waals surface area contributed by atoms with E-state index in [-0.39, 0.29) is 0 Å². The highest BCUT2D eigenvalue weighted by Crippen LogP contribution is 2.03. The Bertz CT molecular complexity index is 162. The van der Waals surface area contributed by atoms with Gasteiger partial charge in [-0.3, -0.25) is 0 Å². The molecule has 56 valence electrons. The largest absolute Gasteiger partial charge is 0.243 e. The molecule has 1 aromatic rings. The third kappa shape index (κ3) is 2.39. The fraction of sp³-hybridized carbons (Fsp3) is 0.667. The quantitative estimate of drug-likeness (QED) is 0.619. The fourth-order valence-electron chi connectivity index (χ4n) is 0.602. The number of rotatable bonds is 4. The van der Waals surface area contributed by atoms with Crippen molar-refractivity contribution in [3.8, 4) is 0 Å². The van der Waals surface area contributed by atoms with Gasteiger partial charge in [0.15, 0.2) is 0 Å². The van der Waals surface area contributed by atoms with Gasteiger partial charge in [0.05, 0.1) is 5.88 Å². The average molecular weight is 157 g/mol. The molecular formula is C6H11N3S. The van der Waals surface area contributed by atoms with Gasteiger partial charge in [-0.2, -0.15) is 5.10 Å². The molecule has 0 bridgehead atoms. The number of aromatic nitrogens is 3. The van der Waals surface area contributed by atoms with Crippen LogP contribution >= 0.6 is 11.8 Å². The molecule has 0 aliphatic rings. The van der Waals surface area contributed by atoms with E-state index in [1.807, 2.05) is 16.4 Å². The molecule has 0 spiro atoms. The van der Waals surface area contributed by atoms with Crippen LogP contribution in [0.2, 0.25) is 0 Å². The van der Waals surface area contributed by atoms with E-state index < -0.39 is 0 Å². The summed E-state index contributed by atoms with van der Waals surface area (Å²) in [7, 11) is 0. The summed E-state index contributed by atoms with van der Waals surface area (Å²) in [6.07, 6.45) is 4.52. The number of thioether (sulfide) groups is 1. The van der Waals surface area contributed by atoms with Crippen molar-refractivity contribution in [2.75, 3.05) is 5.75 Å². The van der Waals surface area contributed by atoms with Crippen LogP contribution in [0.25, 0.3) is 0 Å². The van der Waals surface area contributed by atoms with Crippen molar-refractivity contribution < 1.29 is 0 Å². The molecular weight excluding hydrogens is 146 g/mol. The molecule has 3 nitrogen and oxygen atoms in total. The maximum atomic E-state index is 3.97. The highest BCUT2D eigenvalue weighted by molar-refractivity contribution is 7.98. The van der Waals surface area contributed by atoms with E-state index in [4.69, 9.17) is 0 Å². The summed E-state index contributed by atoms with van der Waals surface area (Å²) in [4.78, 5) is 3.84. The van der Waals surface area contributed by atoms with Crippen LogP contribution in [0.4, 0.5) is 0 Å². The third-order valence-corrected chi connectivity index (χ3v) is 2.18. The van der Waals surface area contributed by atoms with Crippen LogP contribution in [0.5, 0.6) is 0 Å². The van der Waals surface area contributed by atoms with Crippen LogP contribution in [0.3, 0.4) is 0 Å². The molecule has 0 N–H and O–H groups in total. The summed E-state index contributed by atoms with van der Waals surface area (Å²) in [5, 5.41) is 3.97. The fourth-order valence-corrected chi connectivity index (χ4v) is 1.34. The SMILES string of the molecule is CCCSCn1cncn1. The first-order valence-corrected chi connectivity index (χ1v) is 4.49. The van der Waals surface area contributed by atoms with Gasteiger partial charge in [0.2, 0.25) is 0 Å². The summed E-state index contributed by atoms with van der Waals surface area (Å²) in [6, 6.07) is 0. The van der Waals surface area contributed by atoms with Crippen LogP contribution in [0, 0.1) is 0 Å². The Kier molecular flexibility index (Phi) is 3.29. The van der Waals surface area contributed by atoms with E-state index >= 15 is 0 Å². The van der Waals surface area contributed by atoms with E-state index in [0.717, 1.165) is 5.88 Å². The maximum absolute atomic E-state index is 3.97. The molecule has 4 heteroatoms. The highest BCUT2D eigenvalue weighted by Gasteiger charge is 1.88. The normalized spacial score (nSPS) is 10.1. The first-order chi connectivity index (χ1) is 4.93. The van der Waals surface area contributed by atoms with Crippen molar-refractivity contribution in [3.63, 3.8) is 0 Å². The molecule has 0 atom stereocenters. The standard InChI is InChI=1S/C6H11N3S/c1-2-3-10-6-9-5-7-4-8-9/h4-5H,2-3,6H2,1H3. The molecule has 0 unspecified atom stereocenters. The predicted molar refractivity (Wildman–Crippen MR) is 42.8 cm³/mol. The highest BCUT2D eigenvalue weighted by atomic mass is 32.2. The molecule has 0 saturated carbocycles. The van der Waals surface area contributed by atoms with Crippen molar-refractivity contribution in [3.05, 3.63) is 12.7 Å². The van der Waals surface area contributed by atoms with Crippen LogP contribution in [0.15, 0.2) is 12.7 Å². The van der Waals surface area contributed by atoms with Gasteiger partial charge in [0.1, 0.15) is 12.7 Å². The lowest BCUT2D eigenvalue weighted by Gasteiger charge is -1.96. The third-order valence-electron chi connectivity index (χ3n) is 1.04. The van der Waals surface area contributed by atoms with Gasteiger partial charge >= 0.3 is 0 Å². The molecule has 1 heterocycles. The van der Waals surface area contributed by atoms with Crippen molar-refractivity contribution in [1.82, 2.24) is 14.8 Å². The van der Waals surface area contributed by atoms with Gasteiger partial charge in [-0.1, -0.05) is 6.92 Å². The Labute approximate surface area is 64.8 Å². The Balaban J connectivity index is 2.15. The number of nitrogens with zero attached hydrogens (tertiary/aromatic N) is 3. The zero-order valence-electron chi connectivity index (χ0n) is 6.03. The predicted octanol–water partition coefficient (Wildman–Crippen LogP) is 1.38. The molecule has 0 amide bonds. The van der Waals surface area contributed by atoms with Crippen molar-refractivity contribution >= 4 is 11.8 Å². The van der Waals surface area contributed by atoms with Crippen LogP contribution in [-0.2, 0) is 5.88 Å². The minimum absolute atomic E-state index is 0.924. The van der Waals surface area contributed by atoms with E-state index in [1.54, 1.807) is 12.7 Å². The smallest absolute Gasteiger partial charge is 0.137 e. The van der Waals surface area contributed by atoms with Crippen molar-refractivity contribution in [2.24, 2.45) is 0 Å². The lowest BCUT2D eigenvalue weighted by Crippen LogP contribution is -1.94. The molecule has 0 aliphatic heterocycles. The second-order valence-electron chi connectivity index (χ2n) is 1.97. The van der Waals surface area contributed by atoms with Crippen LogP contribution < -0.4 is 0 Å². The van der Waals surface area contributed by atoms with Gasteiger partial charge in [-0.05, 0) is 12.2 Å². The molecule has 10 heavy (non-hydrogen) atoms. The first-order valence-electron chi connectivity index (χ1n) is 3.33. The molecule has 0 radical (unpaired) electrons. The summed E-state index contributed by atoms with van der Waals surface area (Å²) < 4.78 is 1.83. The zero-order valence-corrected chi connectivity index (χ0v) is 6.84. The van der Waals surface area contributed by atoms with Gasteiger partial charge < -0.3 is 0 Å². The molecule has 0 saturated heterocycles. The molecule has 1 rings (SSSR count). The first kappa shape index (κ1) is 7.60. The summed E-state index contributed by atoms with van der Waals surface area (Å²) in [5.41, 5.74) is 0. The summed E-state index contributed by atoms with van der Waals surface area (Å²) in [6.45, 7) is 2.17. The molecule has 0 aliphatic carbocycles. The Morgan fingerprint density at radius 1 is 1.60 bits per heavy atom. The van der Waals surface area contributed by atoms with Crippen molar-refractivity contribution in [2.45, 2.75) is 19.2 Å². The van der Waals surface area contributed by atoms with E-state index in [9.17, 15) is 0 Å². The van der Waals surface area contributed by atoms with E-state index in [2.05, 4.69) is 17.0 Å². The van der Waals surface area contributed by atoms with Gasteiger partial charge in [0, 0.05) is 0 Å². The Morgan fingerprint density at radius 3 is 3.10 bits per heavy atom. The Hall–Kier alpha value is -0.510. The minimum atomic E-state index is 0.924. The maximum Gasteiger partial charge on any atom is 0.137 e. The monoisotopic (exact) mass is 157 g/mol. The van der Waals surface area contributed by atoms with E-state index in [1.165, 1.54) is 12.2 Å². The molecule has 0 fully saturated rings. The summed E-state index contributed by atoms with van der Waals surface area (Å²) in [5.74, 6) is 2.12. The van der Waals surface area contributed by atoms with Crippen molar-refractivity contribution in [1.29, 1.82) is 0 Å². The second kappa shape index (κ2) is 4.33. The number of hydrogen-bond acceptors (Lipinski definition) is 3. The lowest BCUT2D eigenvalue weighted by molar-refractivity contribution is 0.748. The number of hydrogen-bond donors (Lipinski definition) is 0. The van der Waals surface area contributed by atoms with Gasteiger partial charge in [-0.15, -0.1) is 11.8 Å². The van der Waals surface area contributed by atoms with Crippen LogP contribution in [-0.4, -0.2) is 20.5 Å². The average Bonchev–Trinajstić information content (AvgIpc) is 2.41. The Morgan fingerprint density at radius 2 is 2.50 bits per heavy atom. The lowest BCUT2D eigenvalue weighted by atomic mass is 10.6. The van der Waals surface area contributed by atoms with E-state index in [0.29, 0.717) is 0 Å². The second-order valence-corrected chi connectivity index (χ2v) is 3.05.